The molecule has 2 aromatic rings. The molecule has 1 saturated heterocycles. The highest BCUT2D eigenvalue weighted by atomic mass is 16.5. The van der Waals surface area contributed by atoms with Crippen molar-refractivity contribution in [1.29, 1.82) is 0 Å². The number of carbonyl (C=O) groups excluding carboxylic acids is 1. The number of rotatable bonds is 6. The van der Waals surface area contributed by atoms with Crippen LogP contribution >= 0.6 is 0 Å². The molecule has 0 bridgehead atoms. The second-order valence-electron chi connectivity index (χ2n) is 5.82. The van der Waals surface area contributed by atoms with Crippen molar-refractivity contribution in [3.8, 4) is 0 Å². The SMILES string of the molecule is COC(=O)CCn1cc(CN2CCC[C@@H]2c2ccccn2)cn1. The van der Waals surface area contributed by atoms with Gasteiger partial charge in [-0.15, -0.1) is 0 Å². The van der Waals surface area contributed by atoms with E-state index in [4.69, 9.17) is 0 Å². The average Bonchev–Trinajstić information content (AvgIpc) is 3.23. The van der Waals surface area contributed by atoms with Crippen LogP contribution < -0.4 is 0 Å². The van der Waals surface area contributed by atoms with E-state index in [1.165, 1.54) is 13.5 Å². The molecule has 23 heavy (non-hydrogen) atoms. The van der Waals surface area contributed by atoms with Crippen LogP contribution in [0.1, 0.15) is 36.6 Å². The molecule has 0 aromatic carbocycles. The molecule has 3 heterocycles. The quantitative estimate of drug-likeness (QED) is 0.765. The van der Waals surface area contributed by atoms with E-state index in [9.17, 15) is 4.79 Å². The molecule has 2 aromatic heterocycles. The highest BCUT2D eigenvalue weighted by Gasteiger charge is 2.27. The maximum Gasteiger partial charge on any atom is 0.307 e. The van der Waals surface area contributed by atoms with E-state index in [0.29, 0.717) is 19.0 Å². The van der Waals surface area contributed by atoms with Crippen molar-refractivity contribution in [1.82, 2.24) is 19.7 Å². The number of pyridine rings is 1. The third-order valence-corrected chi connectivity index (χ3v) is 4.24. The Hall–Kier alpha value is -2.21. The number of ether oxygens (including phenoxy) is 1. The van der Waals surface area contributed by atoms with E-state index in [1.807, 2.05) is 30.7 Å². The van der Waals surface area contributed by atoms with Gasteiger partial charge in [-0.2, -0.15) is 5.10 Å². The molecule has 6 nitrogen and oxygen atoms in total. The largest absolute Gasteiger partial charge is 0.469 e. The monoisotopic (exact) mass is 314 g/mol. The topological polar surface area (TPSA) is 60.2 Å². The summed E-state index contributed by atoms with van der Waals surface area (Å²) in [5, 5.41) is 4.33. The van der Waals surface area contributed by atoms with Gasteiger partial charge in [-0.05, 0) is 31.5 Å². The standard InChI is InChI=1S/C17H22N4O2/c1-23-17(22)7-10-21-13-14(11-19-21)12-20-9-4-6-16(20)15-5-2-3-8-18-15/h2-3,5,8,11,13,16H,4,6-7,9-10,12H2,1H3/t16-/m1/s1. The van der Waals surface area contributed by atoms with E-state index in [1.54, 1.807) is 4.68 Å². The molecule has 0 aliphatic carbocycles. The summed E-state index contributed by atoms with van der Waals surface area (Å²) in [6, 6.07) is 6.48. The Labute approximate surface area is 136 Å². The van der Waals surface area contributed by atoms with Crippen molar-refractivity contribution < 1.29 is 9.53 Å². The Kier molecular flexibility index (Phi) is 5.02. The van der Waals surface area contributed by atoms with Gasteiger partial charge in [0.1, 0.15) is 0 Å². The predicted octanol–water partition coefficient (Wildman–Crippen LogP) is 2.18. The second-order valence-corrected chi connectivity index (χ2v) is 5.82. The lowest BCUT2D eigenvalue weighted by molar-refractivity contribution is -0.140. The summed E-state index contributed by atoms with van der Waals surface area (Å²) in [6.45, 7) is 2.49. The van der Waals surface area contributed by atoms with Crippen molar-refractivity contribution in [2.24, 2.45) is 0 Å². The Balaban J connectivity index is 1.60. The van der Waals surface area contributed by atoms with E-state index >= 15 is 0 Å². The van der Waals surface area contributed by atoms with Crippen LogP contribution in [0.25, 0.3) is 0 Å². The Morgan fingerprint density at radius 2 is 2.35 bits per heavy atom. The van der Waals surface area contributed by atoms with Gasteiger partial charge in [0, 0.05) is 24.5 Å². The van der Waals surface area contributed by atoms with Crippen molar-refractivity contribution >= 4 is 5.97 Å². The van der Waals surface area contributed by atoms with Gasteiger partial charge in [-0.3, -0.25) is 19.4 Å². The third kappa shape index (κ3) is 3.96. The number of nitrogens with zero attached hydrogens (tertiary/aromatic N) is 4. The number of aromatic nitrogens is 3. The Morgan fingerprint density at radius 3 is 3.13 bits per heavy atom. The van der Waals surface area contributed by atoms with Crippen LogP contribution in [0.3, 0.4) is 0 Å². The van der Waals surface area contributed by atoms with Gasteiger partial charge >= 0.3 is 5.97 Å². The molecule has 0 amide bonds. The van der Waals surface area contributed by atoms with Gasteiger partial charge in [0.05, 0.1) is 38.0 Å². The number of carbonyl (C=O) groups is 1. The fourth-order valence-electron chi connectivity index (χ4n) is 3.08. The molecule has 122 valence electrons. The van der Waals surface area contributed by atoms with Crippen LogP contribution in [0.4, 0.5) is 0 Å². The zero-order valence-corrected chi connectivity index (χ0v) is 13.4. The Bertz CT molecular complexity index is 641. The first-order valence-corrected chi connectivity index (χ1v) is 7.99. The highest BCUT2D eigenvalue weighted by molar-refractivity contribution is 5.68. The molecule has 1 aliphatic heterocycles. The van der Waals surface area contributed by atoms with Crippen LogP contribution in [-0.4, -0.2) is 39.3 Å². The second kappa shape index (κ2) is 7.37. The highest BCUT2D eigenvalue weighted by Crippen LogP contribution is 2.31. The molecule has 0 spiro atoms. The molecular formula is C17H22N4O2. The molecule has 1 atom stereocenters. The summed E-state index contributed by atoms with van der Waals surface area (Å²) < 4.78 is 6.46. The lowest BCUT2D eigenvalue weighted by Crippen LogP contribution is -2.23. The number of likely N-dealkylation sites (tertiary alicyclic amines) is 1. The van der Waals surface area contributed by atoms with Crippen LogP contribution in [0.2, 0.25) is 0 Å². The molecule has 6 heteroatoms. The fourth-order valence-corrected chi connectivity index (χ4v) is 3.08. The minimum Gasteiger partial charge on any atom is -0.469 e. The summed E-state index contributed by atoms with van der Waals surface area (Å²) in [4.78, 5) is 18.1. The maximum absolute atomic E-state index is 11.2. The lowest BCUT2D eigenvalue weighted by atomic mass is 10.1. The molecule has 3 rings (SSSR count). The Morgan fingerprint density at radius 1 is 1.43 bits per heavy atom. The van der Waals surface area contributed by atoms with Crippen molar-refractivity contribution in [2.75, 3.05) is 13.7 Å². The molecule has 0 radical (unpaired) electrons. The molecule has 0 unspecified atom stereocenters. The number of esters is 1. The smallest absolute Gasteiger partial charge is 0.307 e. The summed E-state index contributed by atoms with van der Waals surface area (Å²) >= 11 is 0. The number of hydrogen-bond acceptors (Lipinski definition) is 5. The molecule has 0 saturated carbocycles. The first kappa shape index (κ1) is 15.7. The molecule has 1 fully saturated rings. The van der Waals surface area contributed by atoms with E-state index in [2.05, 4.69) is 25.8 Å². The number of aryl methyl sites for hydroxylation is 1. The summed E-state index contributed by atoms with van der Waals surface area (Å²) in [5.41, 5.74) is 2.31. The van der Waals surface area contributed by atoms with E-state index in [0.717, 1.165) is 30.8 Å². The zero-order chi connectivity index (χ0) is 16.1. The van der Waals surface area contributed by atoms with Gasteiger partial charge in [-0.1, -0.05) is 6.07 Å². The van der Waals surface area contributed by atoms with Crippen molar-refractivity contribution in [3.05, 3.63) is 48.0 Å². The van der Waals surface area contributed by atoms with Crippen molar-refractivity contribution in [2.45, 2.75) is 38.4 Å². The first-order chi connectivity index (χ1) is 11.3. The minimum absolute atomic E-state index is 0.211. The van der Waals surface area contributed by atoms with Crippen LogP contribution in [0.5, 0.6) is 0 Å². The molecule has 1 aliphatic rings. The summed E-state index contributed by atoms with van der Waals surface area (Å²) in [5.74, 6) is -0.211. The van der Waals surface area contributed by atoms with Crippen molar-refractivity contribution in [3.63, 3.8) is 0 Å². The maximum atomic E-state index is 11.2. The minimum atomic E-state index is -0.211. The molecular weight excluding hydrogens is 292 g/mol. The normalized spacial score (nSPS) is 18.2. The molecule has 0 N–H and O–H groups in total. The van der Waals surface area contributed by atoms with E-state index in [-0.39, 0.29) is 5.97 Å². The average molecular weight is 314 g/mol. The van der Waals surface area contributed by atoms with Crippen LogP contribution in [0.15, 0.2) is 36.8 Å². The van der Waals surface area contributed by atoms with Gasteiger partial charge in [0.2, 0.25) is 0 Å². The summed E-state index contributed by atoms with van der Waals surface area (Å²) in [7, 11) is 1.40. The van der Waals surface area contributed by atoms with Crippen LogP contribution in [0, 0.1) is 0 Å². The third-order valence-electron chi connectivity index (χ3n) is 4.24. The number of hydrogen-bond donors (Lipinski definition) is 0. The van der Waals surface area contributed by atoms with Gasteiger partial charge in [0.15, 0.2) is 0 Å². The van der Waals surface area contributed by atoms with Gasteiger partial charge < -0.3 is 4.74 Å². The fraction of sp³-hybridized carbons (Fsp3) is 0.471. The van der Waals surface area contributed by atoms with Crippen LogP contribution in [-0.2, 0) is 22.6 Å². The van der Waals surface area contributed by atoms with Gasteiger partial charge in [0.25, 0.3) is 0 Å². The number of methoxy groups -OCH3 is 1. The van der Waals surface area contributed by atoms with Gasteiger partial charge in [-0.25, -0.2) is 0 Å². The zero-order valence-electron chi connectivity index (χ0n) is 13.4. The lowest BCUT2D eigenvalue weighted by Gasteiger charge is -2.23. The first-order valence-electron chi connectivity index (χ1n) is 7.99. The summed E-state index contributed by atoms with van der Waals surface area (Å²) in [6.07, 6.45) is 8.43. The predicted molar refractivity (Wildman–Crippen MR) is 85.5 cm³/mol. The van der Waals surface area contributed by atoms with E-state index < -0.39 is 0 Å².